The summed E-state index contributed by atoms with van der Waals surface area (Å²) in [6.07, 6.45) is 2.23. The number of hydrogen-bond donors (Lipinski definition) is 1. The topological polar surface area (TPSA) is 51.2 Å². The van der Waals surface area contributed by atoms with E-state index < -0.39 is 0 Å². The van der Waals surface area contributed by atoms with Crippen LogP contribution in [0, 0.1) is 12.0 Å². The van der Waals surface area contributed by atoms with Gasteiger partial charge in [-0.05, 0) is 36.5 Å². The quantitative estimate of drug-likeness (QED) is 0.542. The van der Waals surface area contributed by atoms with Crippen LogP contribution >= 0.6 is 11.3 Å². The van der Waals surface area contributed by atoms with E-state index in [2.05, 4.69) is 23.7 Å². The number of thiazole rings is 1. The molecule has 151 valence electrons. The summed E-state index contributed by atoms with van der Waals surface area (Å²) in [5, 5.41) is 6.26. The lowest BCUT2D eigenvalue weighted by Crippen LogP contribution is -2.37. The molecule has 0 fully saturated rings. The predicted molar refractivity (Wildman–Crippen MR) is 117 cm³/mol. The number of rotatable bonds is 10. The van der Waals surface area contributed by atoms with Crippen molar-refractivity contribution < 1.29 is 9.53 Å². The SMILES string of the molecule is CCc1csc([C@H](Cc2cc[c]cc2)NC(=O)[C@H](COC)Cc2ccccc2)n1. The average molecular weight is 408 g/mol. The van der Waals surface area contributed by atoms with Gasteiger partial charge in [-0.15, -0.1) is 11.3 Å². The molecule has 4 nitrogen and oxygen atoms in total. The summed E-state index contributed by atoms with van der Waals surface area (Å²) in [4.78, 5) is 17.9. The summed E-state index contributed by atoms with van der Waals surface area (Å²) < 4.78 is 5.35. The maximum atomic E-state index is 13.2. The van der Waals surface area contributed by atoms with E-state index >= 15 is 0 Å². The van der Waals surface area contributed by atoms with Crippen LogP contribution in [0.5, 0.6) is 0 Å². The fourth-order valence-corrected chi connectivity index (χ4v) is 4.21. The van der Waals surface area contributed by atoms with Gasteiger partial charge >= 0.3 is 0 Å². The zero-order chi connectivity index (χ0) is 20.5. The normalized spacial score (nSPS) is 13.0. The monoisotopic (exact) mass is 407 g/mol. The number of aromatic nitrogens is 1. The summed E-state index contributed by atoms with van der Waals surface area (Å²) in [6, 6.07) is 20.8. The lowest BCUT2D eigenvalue weighted by Gasteiger charge is -2.21. The molecule has 0 aliphatic carbocycles. The van der Waals surface area contributed by atoms with Crippen molar-refractivity contribution >= 4 is 17.2 Å². The molecule has 29 heavy (non-hydrogen) atoms. The van der Waals surface area contributed by atoms with Gasteiger partial charge in [0.25, 0.3) is 0 Å². The van der Waals surface area contributed by atoms with Crippen LogP contribution in [0.3, 0.4) is 0 Å². The van der Waals surface area contributed by atoms with E-state index in [4.69, 9.17) is 9.72 Å². The fourth-order valence-electron chi connectivity index (χ4n) is 3.26. The summed E-state index contributed by atoms with van der Waals surface area (Å²) in [6.45, 7) is 2.47. The van der Waals surface area contributed by atoms with E-state index in [0.29, 0.717) is 19.4 Å². The maximum absolute atomic E-state index is 13.2. The standard InChI is InChI=1S/C24H27N2O2S/c1-3-21-17-29-24(25-21)22(15-19-12-8-5-9-13-19)26-23(27)20(16-28-2)14-18-10-6-4-7-11-18/h4,6-13,17,20,22H,3,14-16H2,1-2H3,(H,26,27)/t20-,22-/m0/s1. The Kier molecular flexibility index (Phi) is 7.96. The Morgan fingerprint density at radius 3 is 2.52 bits per heavy atom. The molecule has 0 saturated carbocycles. The molecule has 1 amide bonds. The first-order valence-corrected chi connectivity index (χ1v) is 10.8. The van der Waals surface area contributed by atoms with Gasteiger partial charge in [0.1, 0.15) is 5.01 Å². The molecule has 1 N–H and O–H groups in total. The van der Waals surface area contributed by atoms with Gasteiger partial charge in [-0.2, -0.15) is 0 Å². The van der Waals surface area contributed by atoms with Gasteiger partial charge in [0.15, 0.2) is 0 Å². The minimum absolute atomic E-state index is 0.00329. The summed E-state index contributed by atoms with van der Waals surface area (Å²) >= 11 is 1.61. The largest absolute Gasteiger partial charge is 0.384 e. The molecule has 3 aromatic rings. The van der Waals surface area contributed by atoms with E-state index in [1.54, 1.807) is 18.4 Å². The van der Waals surface area contributed by atoms with Gasteiger partial charge in [-0.3, -0.25) is 4.79 Å². The van der Waals surface area contributed by atoms with Gasteiger partial charge in [0.05, 0.1) is 24.3 Å². The third kappa shape index (κ3) is 6.24. The number of benzene rings is 2. The van der Waals surface area contributed by atoms with E-state index in [9.17, 15) is 4.79 Å². The molecule has 0 saturated heterocycles. The number of carbonyl (C=O) groups is 1. The van der Waals surface area contributed by atoms with Crippen molar-refractivity contribution in [1.29, 1.82) is 0 Å². The number of aryl methyl sites for hydroxylation is 1. The highest BCUT2D eigenvalue weighted by molar-refractivity contribution is 7.09. The highest BCUT2D eigenvalue weighted by Crippen LogP contribution is 2.24. The second kappa shape index (κ2) is 10.9. The molecule has 2 atom stereocenters. The number of nitrogens with zero attached hydrogens (tertiary/aromatic N) is 1. The Bertz CT molecular complexity index is 880. The van der Waals surface area contributed by atoms with E-state index in [1.165, 1.54) is 0 Å². The van der Waals surface area contributed by atoms with Crippen molar-refractivity contribution in [2.24, 2.45) is 5.92 Å². The highest BCUT2D eigenvalue weighted by atomic mass is 32.1. The van der Waals surface area contributed by atoms with Crippen molar-refractivity contribution in [3.8, 4) is 0 Å². The Labute approximate surface area is 177 Å². The number of ether oxygens (including phenoxy) is 1. The molecular weight excluding hydrogens is 380 g/mol. The number of carbonyl (C=O) groups excluding carboxylic acids is 1. The van der Waals surface area contributed by atoms with Gasteiger partial charge < -0.3 is 10.1 Å². The predicted octanol–water partition coefficient (Wildman–Crippen LogP) is 4.41. The van der Waals surface area contributed by atoms with Crippen LogP contribution in [-0.4, -0.2) is 24.6 Å². The maximum Gasteiger partial charge on any atom is 0.226 e. The van der Waals surface area contributed by atoms with E-state index in [0.717, 1.165) is 28.2 Å². The Morgan fingerprint density at radius 1 is 1.14 bits per heavy atom. The van der Waals surface area contributed by atoms with Crippen LogP contribution < -0.4 is 5.32 Å². The first kappa shape index (κ1) is 21.2. The zero-order valence-corrected chi connectivity index (χ0v) is 17.7. The highest BCUT2D eigenvalue weighted by Gasteiger charge is 2.24. The molecular formula is C24H27N2O2S. The Balaban J connectivity index is 1.77. The van der Waals surface area contributed by atoms with Crippen molar-refractivity contribution in [2.45, 2.75) is 32.2 Å². The van der Waals surface area contributed by atoms with Crippen LogP contribution in [0.1, 0.15) is 34.8 Å². The summed E-state index contributed by atoms with van der Waals surface area (Å²) in [5.74, 6) is -0.254. The molecule has 1 heterocycles. The van der Waals surface area contributed by atoms with Crippen LogP contribution in [0.25, 0.3) is 0 Å². The number of nitrogens with one attached hydrogen (secondary N) is 1. The second-order valence-electron chi connectivity index (χ2n) is 7.05. The fraction of sp³-hybridized carbons (Fsp3) is 0.333. The molecule has 1 aromatic heterocycles. The molecule has 2 aromatic carbocycles. The zero-order valence-electron chi connectivity index (χ0n) is 16.9. The van der Waals surface area contributed by atoms with Crippen LogP contribution in [0.2, 0.25) is 0 Å². The first-order valence-electron chi connectivity index (χ1n) is 9.92. The third-order valence-corrected chi connectivity index (χ3v) is 5.84. The van der Waals surface area contributed by atoms with Crippen LogP contribution in [0.15, 0.2) is 60.0 Å². The van der Waals surface area contributed by atoms with Crippen molar-refractivity contribution in [3.63, 3.8) is 0 Å². The van der Waals surface area contributed by atoms with Gasteiger partial charge in [-0.25, -0.2) is 4.98 Å². The molecule has 5 heteroatoms. The lowest BCUT2D eigenvalue weighted by atomic mass is 9.98. The Morgan fingerprint density at radius 2 is 1.86 bits per heavy atom. The van der Waals surface area contributed by atoms with Crippen molar-refractivity contribution in [1.82, 2.24) is 10.3 Å². The summed E-state index contributed by atoms with van der Waals surface area (Å²) in [7, 11) is 1.64. The molecule has 0 spiro atoms. The molecule has 0 unspecified atom stereocenters. The number of methoxy groups -OCH3 is 1. The molecule has 0 bridgehead atoms. The van der Waals surface area contributed by atoms with Gasteiger partial charge in [0, 0.05) is 12.5 Å². The van der Waals surface area contributed by atoms with Crippen molar-refractivity contribution in [3.05, 3.63) is 87.9 Å². The molecule has 0 aliphatic heterocycles. The van der Waals surface area contributed by atoms with Crippen molar-refractivity contribution in [2.75, 3.05) is 13.7 Å². The van der Waals surface area contributed by atoms with E-state index in [-0.39, 0.29) is 17.9 Å². The first-order chi connectivity index (χ1) is 14.2. The molecule has 0 aliphatic rings. The smallest absolute Gasteiger partial charge is 0.226 e. The minimum Gasteiger partial charge on any atom is -0.384 e. The van der Waals surface area contributed by atoms with E-state index in [1.807, 2.05) is 54.6 Å². The molecule has 1 radical (unpaired) electrons. The summed E-state index contributed by atoms with van der Waals surface area (Å²) in [5.41, 5.74) is 3.33. The molecule has 3 rings (SSSR count). The van der Waals surface area contributed by atoms with Crippen LogP contribution in [0.4, 0.5) is 0 Å². The lowest BCUT2D eigenvalue weighted by molar-refractivity contribution is -0.127. The Hall–Kier alpha value is -2.50. The minimum atomic E-state index is -0.250. The second-order valence-corrected chi connectivity index (χ2v) is 7.94. The van der Waals surface area contributed by atoms with Gasteiger partial charge in [0.2, 0.25) is 5.91 Å². The van der Waals surface area contributed by atoms with Crippen LogP contribution in [-0.2, 0) is 28.8 Å². The van der Waals surface area contributed by atoms with Gasteiger partial charge in [-0.1, -0.05) is 61.5 Å². The third-order valence-electron chi connectivity index (χ3n) is 4.84. The number of amides is 1. The average Bonchev–Trinajstić information content (AvgIpc) is 3.24. The number of hydrogen-bond acceptors (Lipinski definition) is 4.